The molecular formula is C8H17N2NaO4S. The number of hydrogen-bond acceptors (Lipinski definition) is 5. The maximum atomic E-state index is 10.4. The van der Waals surface area contributed by atoms with Gasteiger partial charge in [-0.15, -0.1) is 0 Å². The van der Waals surface area contributed by atoms with Crippen LogP contribution in [0.4, 0.5) is 0 Å². The normalized spacial score (nSPS) is 18.8. The zero-order valence-corrected chi connectivity index (χ0v) is 9.23. The van der Waals surface area contributed by atoms with E-state index in [0.717, 1.165) is 18.5 Å². The van der Waals surface area contributed by atoms with Crippen molar-refractivity contribution >= 4 is 39.7 Å². The molecule has 0 atom stereocenters. The Bertz CT molecular complexity index is 312. The summed E-state index contributed by atoms with van der Waals surface area (Å²) in [5.74, 6) is 0. The Balaban J connectivity index is 0.00000225. The van der Waals surface area contributed by atoms with Crippen molar-refractivity contribution in [3.63, 3.8) is 0 Å². The van der Waals surface area contributed by atoms with Gasteiger partial charge in [-0.1, -0.05) is 0 Å². The number of aliphatic hydroxyl groups excluding tert-OH is 1. The van der Waals surface area contributed by atoms with Crippen molar-refractivity contribution in [2.75, 3.05) is 39.3 Å². The van der Waals surface area contributed by atoms with Gasteiger partial charge < -0.3 is 10.0 Å². The van der Waals surface area contributed by atoms with Crippen LogP contribution in [0.5, 0.6) is 0 Å². The summed E-state index contributed by atoms with van der Waals surface area (Å²) < 4.78 is 29.4. The molecule has 0 saturated carbocycles. The molecule has 0 radical (unpaired) electrons. The van der Waals surface area contributed by atoms with Crippen molar-refractivity contribution in [1.82, 2.24) is 9.80 Å². The van der Waals surface area contributed by atoms with Gasteiger partial charge in [0.15, 0.2) is 0 Å². The van der Waals surface area contributed by atoms with E-state index in [2.05, 4.69) is 4.90 Å². The van der Waals surface area contributed by atoms with Gasteiger partial charge in [-0.3, -0.25) is 9.45 Å². The van der Waals surface area contributed by atoms with Crippen LogP contribution in [0.3, 0.4) is 0 Å². The molecule has 0 spiro atoms. The van der Waals surface area contributed by atoms with Gasteiger partial charge in [0.2, 0.25) is 0 Å². The molecule has 0 unspecified atom stereocenters. The fourth-order valence-corrected chi connectivity index (χ4v) is 1.77. The Kier molecular flexibility index (Phi) is 7.83. The summed E-state index contributed by atoms with van der Waals surface area (Å²) in [4.78, 5) is 3.92. The van der Waals surface area contributed by atoms with E-state index < -0.39 is 10.1 Å². The Morgan fingerprint density at radius 3 is 2.19 bits per heavy atom. The molecule has 16 heavy (non-hydrogen) atoms. The van der Waals surface area contributed by atoms with E-state index in [9.17, 15) is 8.42 Å². The molecule has 8 heteroatoms. The molecule has 1 rings (SSSR count). The third kappa shape index (κ3) is 6.85. The second-order valence-electron chi connectivity index (χ2n) is 3.40. The Morgan fingerprint density at radius 1 is 1.19 bits per heavy atom. The van der Waals surface area contributed by atoms with Gasteiger partial charge in [0, 0.05) is 38.9 Å². The van der Waals surface area contributed by atoms with Gasteiger partial charge in [-0.25, -0.2) is 0 Å². The Morgan fingerprint density at radius 2 is 1.75 bits per heavy atom. The van der Waals surface area contributed by atoms with Crippen LogP contribution in [0, 0.1) is 0 Å². The van der Waals surface area contributed by atoms with Crippen LogP contribution in [0.1, 0.15) is 0 Å². The molecule has 0 aromatic rings. The zero-order valence-electron chi connectivity index (χ0n) is 8.41. The van der Waals surface area contributed by atoms with Gasteiger partial charge in [-0.05, 0) is 0 Å². The van der Waals surface area contributed by atoms with Crippen molar-refractivity contribution in [2.24, 2.45) is 0 Å². The van der Waals surface area contributed by atoms with E-state index >= 15 is 0 Å². The molecule has 1 heterocycles. The fraction of sp³-hybridized carbons (Fsp3) is 0.750. The Hall–Kier alpha value is 0.370. The topological polar surface area (TPSA) is 81.1 Å². The van der Waals surface area contributed by atoms with E-state index in [0.29, 0.717) is 19.6 Å². The van der Waals surface area contributed by atoms with Crippen LogP contribution in [0.15, 0.2) is 11.6 Å². The van der Waals surface area contributed by atoms with E-state index in [1.807, 2.05) is 4.90 Å². The first-order valence-electron chi connectivity index (χ1n) is 4.74. The van der Waals surface area contributed by atoms with E-state index in [1.165, 1.54) is 6.20 Å². The molecule has 0 bridgehead atoms. The number of nitrogens with zero attached hydrogens (tertiary/aromatic N) is 2. The van der Waals surface area contributed by atoms with Gasteiger partial charge in [0.05, 0.1) is 12.0 Å². The van der Waals surface area contributed by atoms with Crippen molar-refractivity contribution in [3.05, 3.63) is 11.6 Å². The molecular weight excluding hydrogens is 243 g/mol. The number of β-amino-alcohol motifs (C(OH)–C–C–N with tert-alkyl or cyclic N) is 1. The summed E-state index contributed by atoms with van der Waals surface area (Å²) in [6.45, 7) is 3.77. The SMILES string of the molecule is O=S(=O)(O)/C=C/N1CCN(CCO)CC1.[NaH]. The van der Waals surface area contributed by atoms with Crippen LogP contribution in [-0.2, 0) is 10.1 Å². The first kappa shape index (κ1) is 16.4. The third-order valence-corrected chi connectivity index (χ3v) is 2.73. The molecule has 1 aliphatic rings. The average Bonchev–Trinajstić information content (AvgIpc) is 2.16. The predicted octanol–water partition coefficient (Wildman–Crippen LogP) is -1.69. The minimum atomic E-state index is -4.02. The average molecular weight is 260 g/mol. The first-order valence-corrected chi connectivity index (χ1v) is 6.24. The molecule has 0 aromatic heterocycles. The van der Waals surface area contributed by atoms with Crippen LogP contribution in [0.2, 0.25) is 0 Å². The molecule has 0 aromatic carbocycles. The van der Waals surface area contributed by atoms with Gasteiger partial charge >= 0.3 is 29.6 Å². The maximum absolute atomic E-state index is 10.4. The summed E-state index contributed by atoms with van der Waals surface area (Å²) in [5, 5.41) is 9.50. The second-order valence-corrected chi connectivity index (χ2v) is 4.70. The van der Waals surface area contributed by atoms with Crippen LogP contribution >= 0.6 is 0 Å². The van der Waals surface area contributed by atoms with Crippen molar-refractivity contribution in [3.8, 4) is 0 Å². The van der Waals surface area contributed by atoms with E-state index in [1.54, 1.807) is 0 Å². The van der Waals surface area contributed by atoms with Crippen LogP contribution in [-0.4, -0.2) is 96.8 Å². The second kappa shape index (κ2) is 7.65. The van der Waals surface area contributed by atoms with Crippen LogP contribution < -0.4 is 0 Å². The van der Waals surface area contributed by atoms with Crippen molar-refractivity contribution in [2.45, 2.75) is 0 Å². The molecule has 90 valence electrons. The monoisotopic (exact) mass is 260 g/mol. The zero-order chi connectivity index (χ0) is 11.3. The first-order chi connectivity index (χ1) is 7.01. The summed E-state index contributed by atoms with van der Waals surface area (Å²) >= 11 is 0. The van der Waals surface area contributed by atoms with Gasteiger partial charge in [-0.2, -0.15) is 8.42 Å². The number of hydrogen-bond donors (Lipinski definition) is 2. The standard InChI is InChI=1S/C8H16N2O4S.Na.H/c11-7-5-9-1-3-10(4-2-9)6-8-15(12,13)14;;/h6,8,11H,1-5,7H2,(H,12,13,14);;/b8-6+;;. The molecule has 0 amide bonds. The quantitative estimate of drug-likeness (QED) is 0.463. The van der Waals surface area contributed by atoms with E-state index in [4.69, 9.17) is 9.66 Å². The van der Waals surface area contributed by atoms with Crippen molar-refractivity contribution in [1.29, 1.82) is 0 Å². The minimum absolute atomic E-state index is 0. The molecule has 0 aliphatic carbocycles. The number of aliphatic hydroxyl groups is 1. The molecule has 6 nitrogen and oxygen atoms in total. The van der Waals surface area contributed by atoms with Crippen molar-refractivity contribution < 1.29 is 18.1 Å². The molecule has 1 fully saturated rings. The molecule has 1 aliphatic heterocycles. The number of piperazine rings is 1. The Labute approximate surface area is 118 Å². The van der Waals surface area contributed by atoms with E-state index in [-0.39, 0.29) is 36.2 Å². The van der Waals surface area contributed by atoms with Gasteiger partial charge in [0.25, 0.3) is 10.1 Å². The van der Waals surface area contributed by atoms with Crippen LogP contribution in [0.25, 0.3) is 0 Å². The third-order valence-electron chi connectivity index (χ3n) is 2.27. The number of rotatable bonds is 4. The van der Waals surface area contributed by atoms with Gasteiger partial charge in [0.1, 0.15) is 0 Å². The summed E-state index contributed by atoms with van der Waals surface area (Å²) in [6, 6.07) is 0. The molecule has 2 N–H and O–H groups in total. The summed E-state index contributed by atoms with van der Waals surface area (Å²) in [7, 11) is -4.02. The summed E-state index contributed by atoms with van der Waals surface area (Å²) in [5.41, 5.74) is 0. The molecule has 1 saturated heterocycles. The fourth-order valence-electron chi connectivity index (χ4n) is 1.44. The predicted molar refractivity (Wildman–Crippen MR) is 62.9 cm³/mol. The summed E-state index contributed by atoms with van der Waals surface area (Å²) in [6.07, 6.45) is 1.38.